The lowest BCUT2D eigenvalue weighted by Gasteiger charge is -2.13. The summed E-state index contributed by atoms with van der Waals surface area (Å²) in [6.07, 6.45) is 0. The number of halogens is 1. The average Bonchev–Trinajstić information content (AvgIpc) is 2.42. The molecule has 0 radical (unpaired) electrons. The molecule has 21 heavy (non-hydrogen) atoms. The number of hydrogen-bond acceptors (Lipinski definition) is 3. The highest BCUT2D eigenvalue weighted by molar-refractivity contribution is 6.30. The largest absolute Gasteiger partial charge is 0.457 e. The minimum Gasteiger partial charge on any atom is -0.457 e. The van der Waals surface area contributed by atoms with Gasteiger partial charge in [0.25, 0.3) is 0 Å². The molecule has 3 N–H and O–H groups in total. The normalized spacial score (nSPS) is 11.5. The molecule has 2 aromatic carbocycles. The third kappa shape index (κ3) is 3.28. The Bertz CT molecular complexity index is 688. The zero-order valence-electron chi connectivity index (χ0n) is 12.1. The van der Waals surface area contributed by atoms with Gasteiger partial charge in [0, 0.05) is 10.6 Å². The third-order valence-electron chi connectivity index (χ3n) is 3.23. The van der Waals surface area contributed by atoms with Crippen LogP contribution in [0.3, 0.4) is 0 Å². The Labute approximate surface area is 128 Å². The van der Waals surface area contributed by atoms with Crippen LogP contribution in [0, 0.1) is 20.8 Å². The van der Waals surface area contributed by atoms with Crippen LogP contribution in [-0.4, -0.2) is 11.0 Å². The molecule has 2 aromatic rings. The van der Waals surface area contributed by atoms with Crippen molar-refractivity contribution >= 4 is 17.4 Å². The first-order valence-corrected chi connectivity index (χ1v) is 6.83. The second-order valence-corrected chi connectivity index (χ2v) is 5.37. The predicted molar refractivity (Wildman–Crippen MR) is 84.7 cm³/mol. The van der Waals surface area contributed by atoms with E-state index in [0.29, 0.717) is 16.3 Å². The molecule has 2 rings (SSSR count). The van der Waals surface area contributed by atoms with Gasteiger partial charge in [-0.15, -0.1) is 0 Å². The molecule has 0 bridgehead atoms. The predicted octanol–water partition coefficient (Wildman–Crippen LogP) is 4.15. The van der Waals surface area contributed by atoms with Gasteiger partial charge in [-0.3, -0.25) is 0 Å². The zero-order chi connectivity index (χ0) is 15.6. The van der Waals surface area contributed by atoms with Gasteiger partial charge >= 0.3 is 0 Å². The highest BCUT2D eigenvalue weighted by atomic mass is 35.5. The van der Waals surface area contributed by atoms with E-state index in [4.69, 9.17) is 27.3 Å². The molecule has 0 aliphatic rings. The average molecular weight is 305 g/mol. The molecule has 5 heteroatoms. The number of benzene rings is 2. The van der Waals surface area contributed by atoms with Crippen molar-refractivity contribution in [3.05, 3.63) is 57.6 Å². The lowest BCUT2D eigenvalue weighted by Crippen LogP contribution is -2.14. The van der Waals surface area contributed by atoms with E-state index in [1.54, 1.807) is 12.1 Å². The van der Waals surface area contributed by atoms with Gasteiger partial charge in [0.2, 0.25) is 0 Å². The smallest absolute Gasteiger partial charge is 0.170 e. The number of aryl methyl sites for hydroxylation is 3. The van der Waals surface area contributed by atoms with Crippen molar-refractivity contribution in [1.29, 1.82) is 0 Å². The number of oxime groups is 1. The molecule has 110 valence electrons. The number of rotatable bonds is 3. The number of amidine groups is 1. The van der Waals surface area contributed by atoms with Crippen LogP contribution >= 0.6 is 11.6 Å². The van der Waals surface area contributed by atoms with E-state index in [-0.39, 0.29) is 5.84 Å². The van der Waals surface area contributed by atoms with E-state index in [1.807, 2.05) is 39.0 Å². The zero-order valence-corrected chi connectivity index (χ0v) is 12.9. The number of nitrogens with zero attached hydrogens (tertiary/aromatic N) is 1. The van der Waals surface area contributed by atoms with Gasteiger partial charge in [-0.2, -0.15) is 0 Å². The Kier molecular flexibility index (Phi) is 4.38. The third-order valence-corrected chi connectivity index (χ3v) is 3.44. The van der Waals surface area contributed by atoms with Gasteiger partial charge in [-0.05, 0) is 67.8 Å². The van der Waals surface area contributed by atoms with Crippen molar-refractivity contribution in [2.45, 2.75) is 20.8 Å². The summed E-state index contributed by atoms with van der Waals surface area (Å²) in [6.45, 7) is 5.78. The second kappa shape index (κ2) is 6.06. The number of hydrogen-bond donors (Lipinski definition) is 2. The number of nitrogens with two attached hydrogens (primary N) is 1. The Balaban J connectivity index is 2.35. The minimum absolute atomic E-state index is 0.0814. The van der Waals surface area contributed by atoms with Crippen LogP contribution in [0.15, 0.2) is 35.5 Å². The van der Waals surface area contributed by atoms with Crippen LogP contribution in [0.1, 0.15) is 22.3 Å². The van der Waals surface area contributed by atoms with E-state index in [2.05, 4.69) is 5.16 Å². The lowest BCUT2D eigenvalue weighted by atomic mass is 10.1. The van der Waals surface area contributed by atoms with Crippen molar-refractivity contribution < 1.29 is 9.94 Å². The van der Waals surface area contributed by atoms with E-state index in [0.717, 1.165) is 22.4 Å². The Morgan fingerprint density at radius 2 is 1.71 bits per heavy atom. The molecule has 0 heterocycles. The molecule has 0 saturated heterocycles. The Hall–Kier alpha value is -2.20. The molecule has 0 unspecified atom stereocenters. The molecular weight excluding hydrogens is 288 g/mol. The van der Waals surface area contributed by atoms with Crippen LogP contribution in [0.4, 0.5) is 0 Å². The molecule has 0 atom stereocenters. The first-order valence-electron chi connectivity index (χ1n) is 6.45. The summed E-state index contributed by atoms with van der Waals surface area (Å²) in [6, 6.07) is 9.12. The van der Waals surface area contributed by atoms with Gasteiger partial charge in [0.05, 0.1) is 0 Å². The van der Waals surface area contributed by atoms with E-state index in [9.17, 15) is 0 Å². The van der Waals surface area contributed by atoms with Gasteiger partial charge in [0.1, 0.15) is 11.5 Å². The highest BCUT2D eigenvalue weighted by Gasteiger charge is 2.09. The van der Waals surface area contributed by atoms with Crippen LogP contribution in [0.2, 0.25) is 5.02 Å². The van der Waals surface area contributed by atoms with Crippen LogP contribution < -0.4 is 10.5 Å². The van der Waals surface area contributed by atoms with Crippen molar-refractivity contribution in [3.63, 3.8) is 0 Å². The van der Waals surface area contributed by atoms with Crippen LogP contribution in [0.5, 0.6) is 11.5 Å². The number of ether oxygens (including phenoxy) is 1. The first kappa shape index (κ1) is 15.2. The topological polar surface area (TPSA) is 67.8 Å². The lowest BCUT2D eigenvalue weighted by molar-refractivity contribution is 0.318. The molecule has 0 aliphatic carbocycles. The summed E-state index contributed by atoms with van der Waals surface area (Å²) >= 11 is 6.02. The van der Waals surface area contributed by atoms with E-state index in [1.165, 1.54) is 0 Å². The SMILES string of the molecule is Cc1cc(Oc2c(C)cc(Cl)cc2C)ccc1/C(N)=N/O. The molecule has 0 fully saturated rings. The fourth-order valence-electron chi connectivity index (χ4n) is 2.22. The summed E-state index contributed by atoms with van der Waals surface area (Å²) in [5, 5.41) is 12.4. The summed E-state index contributed by atoms with van der Waals surface area (Å²) in [4.78, 5) is 0. The Morgan fingerprint density at radius 3 is 2.24 bits per heavy atom. The first-order chi connectivity index (χ1) is 9.92. The van der Waals surface area contributed by atoms with Gasteiger partial charge in [-0.1, -0.05) is 16.8 Å². The molecule has 0 spiro atoms. The monoisotopic (exact) mass is 304 g/mol. The van der Waals surface area contributed by atoms with Gasteiger partial charge in [-0.25, -0.2) is 0 Å². The fourth-order valence-corrected chi connectivity index (χ4v) is 2.54. The maximum atomic E-state index is 8.74. The second-order valence-electron chi connectivity index (χ2n) is 4.93. The molecular formula is C16H17ClN2O2. The van der Waals surface area contributed by atoms with Gasteiger partial charge in [0.15, 0.2) is 5.84 Å². The molecule has 0 amide bonds. The molecule has 0 saturated carbocycles. The van der Waals surface area contributed by atoms with Crippen molar-refractivity contribution in [2.75, 3.05) is 0 Å². The van der Waals surface area contributed by atoms with Crippen LogP contribution in [0.25, 0.3) is 0 Å². The van der Waals surface area contributed by atoms with E-state index >= 15 is 0 Å². The summed E-state index contributed by atoms with van der Waals surface area (Å²) in [7, 11) is 0. The Morgan fingerprint density at radius 1 is 1.10 bits per heavy atom. The van der Waals surface area contributed by atoms with Crippen molar-refractivity contribution in [2.24, 2.45) is 10.9 Å². The summed E-state index contributed by atoms with van der Waals surface area (Å²) in [5.74, 6) is 1.56. The van der Waals surface area contributed by atoms with E-state index < -0.39 is 0 Å². The van der Waals surface area contributed by atoms with Crippen molar-refractivity contribution in [3.8, 4) is 11.5 Å². The quantitative estimate of drug-likeness (QED) is 0.387. The molecule has 0 aromatic heterocycles. The fraction of sp³-hybridized carbons (Fsp3) is 0.188. The minimum atomic E-state index is 0.0814. The maximum absolute atomic E-state index is 8.74. The maximum Gasteiger partial charge on any atom is 0.170 e. The van der Waals surface area contributed by atoms with Crippen molar-refractivity contribution in [1.82, 2.24) is 0 Å². The molecule has 0 aliphatic heterocycles. The highest BCUT2D eigenvalue weighted by Crippen LogP contribution is 2.32. The summed E-state index contributed by atoms with van der Waals surface area (Å²) < 4.78 is 5.94. The molecule has 4 nitrogen and oxygen atoms in total. The van der Waals surface area contributed by atoms with Gasteiger partial charge < -0.3 is 15.7 Å². The summed E-state index contributed by atoms with van der Waals surface area (Å²) in [5.41, 5.74) is 9.09. The standard InChI is InChI=1S/C16H17ClN2O2/c1-9-8-13(4-5-14(9)16(18)19-20)21-15-10(2)6-12(17)7-11(15)3/h4-8,20H,1-3H3,(H2,18,19). The van der Waals surface area contributed by atoms with Crippen LogP contribution in [-0.2, 0) is 0 Å².